The van der Waals surface area contributed by atoms with E-state index in [-0.39, 0.29) is 11.5 Å². The highest BCUT2D eigenvalue weighted by Gasteiger charge is 2.12. The van der Waals surface area contributed by atoms with Crippen LogP contribution in [0.4, 0.5) is 5.69 Å². The normalized spacial score (nSPS) is 11.1. The number of phenols is 2. The monoisotopic (exact) mass is 497 g/mol. The van der Waals surface area contributed by atoms with Gasteiger partial charge in [0.05, 0.1) is 0 Å². The van der Waals surface area contributed by atoms with Gasteiger partial charge in [-0.25, -0.2) is 0 Å². The summed E-state index contributed by atoms with van der Waals surface area (Å²) in [5.41, 5.74) is 5.47. The molecule has 3 N–H and O–H groups in total. The van der Waals surface area contributed by atoms with Crippen molar-refractivity contribution in [1.29, 1.82) is 0 Å². The topological polar surface area (TPSA) is 61.7 Å². The minimum Gasteiger partial charge on any atom is -0.508 e. The van der Waals surface area contributed by atoms with Crippen LogP contribution in [-0.2, 0) is 6.42 Å². The summed E-state index contributed by atoms with van der Waals surface area (Å²) in [6.07, 6.45) is 0.716. The number of hydrogen-bond donors (Lipinski definition) is 3. The summed E-state index contributed by atoms with van der Waals surface area (Å²) in [6, 6.07) is 39.6. The van der Waals surface area contributed by atoms with Crippen molar-refractivity contribution in [3.05, 3.63) is 132 Å². The Morgan fingerprint density at radius 1 is 0.605 bits per heavy atom. The number of anilines is 1. The third-order valence-electron chi connectivity index (χ3n) is 6.86. The maximum absolute atomic E-state index is 10.0. The van der Waals surface area contributed by atoms with Crippen molar-refractivity contribution in [3.8, 4) is 28.4 Å². The molecule has 0 atom stereocenters. The molecule has 4 nitrogen and oxygen atoms in total. The van der Waals surface area contributed by atoms with E-state index in [0.29, 0.717) is 13.2 Å². The Morgan fingerprint density at radius 3 is 2.16 bits per heavy atom. The fourth-order valence-electron chi connectivity index (χ4n) is 4.89. The van der Waals surface area contributed by atoms with Gasteiger partial charge in [0.15, 0.2) is 6.73 Å². The van der Waals surface area contributed by atoms with Gasteiger partial charge in [-0.3, -0.25) is 0 Å². The Hall–Kier alpha value is -4.96. The zero-order valence-electron chi connectivity index (χ0n) is 20.8. The number of aromatic hydroxyl groups is 2. The molecule has 0 heterocycles. The number of rotatable bonds is 7. The largest absolute Gasteiger partial charge is 0.508 e. The number of benzene rings is 6. The lowest BCUT2D eigenvalue weighted by Crippen LogP contribution is -2.08. The van der Waals surface area contributed by atoms with E-state index >= 15 is 0 Å². The van der Waals surface area contributed by atoms with E-state index in [1.54, 1.807) is 24.3 Å². The lowest BCUT2D eigenvalue weighted by atomic mass is 9.90. The summed E-state index contributed by atoms with van der Waals surface area (Å²) in [7, 11) is 0. The van der Waals surface area contributed by atoms with E-state index < -0.39 is 0 Å². The molecule has 0 fully saturated rings. The molecular formula is C34H27NO3. The Balaban J connectivity index is 1.20. The molecule has 38 heavy (non-hydrogen) atoms. The van der Waals surface area contributed by atoms with Gasteiger partial charge in [0.1, 0.15) is 17.2 Å². The zero-order chi connectivity index (χ0) is 25.9. The van der Waals surface area contributed by atoms with Crippen LogP contribution in [0, 0.1) is 0 Å². The first-order valence-electron chi connectivity index (χ1n) is 12.6. The van der Waals surface area contributed by atoms with Crippen molar-refractivity contribution in [2.24, 2.45) is 0 Å². The van der Waals surface area contributed by atoms with Crippen molar-refractivity contribution in [3.63, 3.8) is 0 Å². The first-order chi connectivity index (χ1) is 18.6. The molecular weight excluding hydrogens is 470 g/mol. The first-order valence-corrected chi connectivity index (χ1v) is 12.6. The van der Waals surface area contributed by atoms with Gasteiger partial charge in [-0.2, -0.15) is 0 Å². The van der Waals surface area contributed by atoms with E-state index in [4.69, 9.17) is 4.74 Å². The Kier molecular flexibility index (Phi) is 6.29. The average molecular weight is 498 g/mol. The molecule has 0 saturated carbocycles. The summed E-state index contributed by atoms with van der Waals surface area (Å²) in [5, 5.41) is 27.6. The maximum atomic E-state index is 10.0. The van der Waals surface area contributed by atoms with Crippen LogP contribution in [0.3, 0.4) is 0 Å². The Labute approximate surface area is 221 Å². The van der Waals surface area contributed by atoms with Crippen LogP contribution in [-0.4, -0.2) is 16.9 Å². The number of fused-ring (bicyclic) bond motifs is 2. The molecule has 0 aromatic heterocycles. The highest BCUT2D eigenvalue weighted by molar-refractivity contribution is 5.93. The molecule has 0 spiro atoms. The smallest absolute Gasteiger partial charge is 0.159 e. The fourth-order valence-corrected chi connectivity index (χ4v) is 4.89. The first kappa shape index (κ1) is 23.4. The molecule has 0 saturated heterocycles. The van der Waals surface area contributed by atoms with E-state index in [0.717, 1.165) is 38.9 Å². The van der Waals surface area contributed by atoms with Gasteiger partial charge in [0.2, 0.25) is 0 Å². The molecule has 0 bridgehead atoms. The summed E-state index contributed by atoms with van der Waals surface area (Å²) in [4.78, 5) is 0. The van der Waals surface area contributed by atoms with Gasteiger partial charge in [-0.1, -0.05) is 72.8 Å². The van der Waals surface area contributed by atoms with E-state index in [1.165, 1.54) is 16.3 Å². The maximum Gasteiger partial charge on any atom is 0.159 e. The van der Waals surface area contributed by atoms with Crippen molar-refractivity contribution >= 4 is 27.2 Å². The lowest BCUT2D eigenvalue weighted by Gasteiger charge is -2.15. The summed E-state index contributed by atoms with van der Waals surface area (Å²) in [5.74, 6) is 1.29. The number of phenolic OH excluding ortho intramolecular Hbond substituents is 2. The quantitative estimate of drug-likeness (QED) is 0.195. The minimum atomic E-state index is 0.242. The minimum absolute atomic E-state index is 0.242. The van der Waals surface area contributed by atoms with Crippen molar-refractivity contribution < 1.29 is 14.9 Å². The van der Waals surface area contributed by atoms with Crippen LogP contribution in [0.1, 0.15) is 11.1 Å². The van der Waals surface area contributed by atoms with Gasteiger partial charge in [-0.15, -0.1) is 0 Å². The zero-order valence-corrected chi connectivity index (χ0v) is 20.8. The van der Waals surface area contributed by atoms with Crippen LogP contribution in [0.15, 0.2) is 121 Å². The summed E-state index contributed by atoms with van der Waals surface area (Å²) in [6.45, 7) is 0.371. The van der Waals surface area contributed by atoms with Crippen LogP contribution in [0.5, 0.6) is 17.2 Å². The number of nitrogens with one attached hydrogen (secondary N) is 1. The van der Waals surface area contributed by atoms with Crippen LogP contribution < -0.4 is 10.1 Å². The third kappa shape index (κ3) is 4.97. The standard InChI is InChI=1S/C34H27NO3/c36-29-12-8-25(9-13-29)32-17-10-27-21-30(37)14-18-33(27)34(32)19-23-5-15-31(16-6-23)38-22-35-28-11-7-24-3-1-2-4-26(24)20-28/h1-18,20-21,35-37H,19,22H2. The van der Waals surface area contributed by atoms with Gasteiger partial charge in [0.25, 0.3) is 0 Å². The van der Waals surface area contributed by atoms with Crippen LogP contribution in [0.25, 0.3) is 32.7 Å². The molecule has 0 aliphatic heterocycles. The molecule has 0 aliphatic carbocycles. The molecule has 0 unspecified atom stereocenters. The summed E-state index contributed by atoms with van der Waals surface area (Å²) >= 11 is 0. The second-order valence-corrected chi connectivity index (χ2v) is 9.39. The molecule has 6 aromatic carbocycles. The molecule has 0 aliphatic rings. The van der Waals surface area contributed by atoms with E-state index in [2.05, 4.69) is 53.8 Å². The van der Waals surface area contributed by atoms with Crippen molar-refractivity contribution in [1.82, 2.24) is 0 Å². The second-order valence-electron chi connectivity index (χ2n) is 9.39. The van der Waals surface area contributed by atoms with Crippen molar-refractivity contribution in [2.45, 2.75) is 6.42 Å². The average Bonchev–Trinajstić information content (AvgIpc) is 2.94. The van der Waals surface area contributed by atoms with Crippen LogP contribution in [0.2, 0.25) is 0 Å². The van der Waals surface area contributed by atoms with Gasteiger partial charge in [-0.05, 0) is 98.8 Å². The molecule has 0 radical (unpaired) electrons. The predicted octanol–water partition coefficient (Wildman–Crippen LogP) is 8.11. The molecule has 4 heteroatoms. The SMILES string of the molecule is Oc1ccc(-c2ccc3cc(O)ccc3c2Cc2ccc(OCNc3ccc4ccccc4c3)cc2)cc1. The Morgan fingerprint density at radius 2 is 1.34 bits per heavy atom. The van der Waals surface area contributed by atoms with Gasteiger partial charge < -0.3 is 20.3 Å². The Bertz CT molecular complexity index is 1720. The van der Waals surface area contributed by atoms with Gasteiger partial charge >= 0.3 is 0 Å². The lowest BCUT2D eigenvalue weighted by molar-refractivity contribution is 0.347. The number of hydrogen-bond acceptors (Lipinski definition) is 4. The van der Waals surface area contributed by atoms with E-state index in [1.807, 2.05) is 48.5 Å². The van der Waals surface area contributed by atoms with E-state index in [9.17, 15) is 10.2 Å². The molecule has 0 amide bonds. The number of ether oxygens (including phenoxy) is 1. The molecule has 6 rings (SSSR count). The molecule has 186 valence electrons. The highest BCUT2D eigenvalue weighted by Crippen LogP contribution is 2.34. The van der Waals surface area contributed by atoms with Crippen molar-refractivity contribution in [2.75, 3.05) is 12.0 Å². The molecule has 6 aromatic rings. The third-order valence-corrected chi connectivity index (χ3v) is 6.86. The summed E-state index contributed by atoms with van der Waals surface area (Å²) < 4.78 is 5.95. The van der Waals surface area contributed by atoms with Gasteiger partial charge in [0, 0.05) is 5.69 Å². The fraction of sp³-hybridized carbons (Fsp3) is 0.0588. The highest BCUT2D eigenvalue weighted by atomic mass is 16.5. The second kappa shape index (κ2) is 10.2. The van der Waals surface area contributed by atoms with Crippen LogP contribution >= 0.6 is 0 Å². The predicted molar refractivity (Wildman–Crippen MR) is 155 cm³/mol.